The second-order valence-corrected chi connectivity index (χ2v) is 6.88. The first-order valence-electron chi connectivity index (χ1n) is 9.59. The molecular weight excluding hydrogens is 352 g/mol. The van der Waals surface area contributed by atoms with Gasteiger partial charge in [-0.3, -0.25) is 14.6 Å². The first-order valence-corrected chi connectivity index (χ1v) is 9.59. The summed E-state index contributed by atoms with van der Waals surface area (Å²) in [6.45, 7) is 1.98. The molecule has 0 spiro atoms. The van der Waals surface area contributed by atoms with Crippen molar-refractivity contribution < 1.29 is 9.59 Å². The highest BCUT2D eigenvalue weighted by molar-refractivity contribution is 6.07. The van der Waals surface area contributed by atoms with Crippen LogP contribution >= 0.6 is 0 Å². The van der Waals surface area contributed by atoms with Crippen molar-refractivity contribution in [1.82, 2.24) is 20.2 Å². The van der Waals surface area contributed by atoms with Crippen LogP contribution in [0.3, 0.4) is 0 Å². The van der Waals surface area contributed by atoms with Gasteiger partial charge in [-0.25, -0.2) is 4.98 Å². The molecule has 3 aromatic rings. The molecular formula is C22H22N4O2. The number of rotatable bonds is 5. The summed E-state index contributed by atoms with van der Waals surface area (Å²) in [6, 6.07) is 14.9. The van der Waals surface area contributed by atoms with E-state index in [4.69, 9.17) is 0 Å². The van der Waals surface area contributed by atoms with Crippen molar-refractivity contribution in [3.05, 3.63) is 60.3 Å². The highest BCUT2D eigenvalue weighted by atomic mass is 16.2. The Morgan fingerprint density at radius 3 is 2.57 bits per heavy atom. The Labute approximate surface area is 163 Å². The summed E-state index contributed by atoms with van der Waals surface area (Å²) in [4.78, 5) is 35.9. The van der Waals surface area contributed by atoms with Gasteiger partial charge in [0.05, 0.1) is 22.5 Å². The fraction of sp³-hybridized carbons (Fsp3) is 0.273. The molecule has 1 fully saturated rings. The second kappa shape index (κ2) is 8.17. The SMILES string of the molecule is O=C(NCCC(=O)N1CCCC1)c1cc(-c2ccccn2)nc2ccccc12. The minimum atomic E-state index is -0.204. The van der Waals surface area contributed by atoms with Crippen LogP contribution < -0.4 is 5.32 Å². The van der Waals surface area contributed by atoms with Gasteiger partial charge in [0.2, 0.25) is 5.91 Å². The lowest BCUT2D eigenvalue weighted by Crippen LogP contribution is -2.32. The monoisotopic (exact) mass is 374 g/mol. The molecule has 4 rings (SSSR count). The predicted molar refractivity (Wildman–Crippen MR) is 108 cm³/mol. The van der Waals surface area contributed by atoms with Crippen LogP contribution in [0, 0.1) is 0 Å². The van der Waals surface area contributed by atoms with Crippen LogP contribution in [0.15, 0.2) is 54.7 Å². The van der Waals surface area contributed by atoms with Gasteiger partial charge in [0.1, 0.15) is 0 Å². The van der Waals surface area contributed by atoms with E-state index in [9.17, 15) is 9.59 Å². The zero-order valence-corrected chi connectivity index (χ0v) is 15.6. The minimum absolute atomic E-state index is 0.103. The number of pyridine rings is 2. The maximum absolute atomic E-state index is 12.9. The molecule has 1 aliphatic heterocycles. The molecule has 2 amide bonds. The first kappa shape index (κ1) is 18.1. The van der Waals surface area contributed by atoms with Crippen LogP contribution in [-0.4, -0.2) is 46.3 Å². The second-order valence-electron chi connectivity index (χ2n) is 6.88. The van der Waals surface area contributed by atoms with Crippen LogP contribution in [0.5, 0.6) is 0 Å². The Bertz CT molecular complexity index is 998. The zero-order valence-electron chi connectivity index (χ0n) is 15.6. The normalized spacial score (nSPS) is 13.6. The van der Waals surface area contributed by atoms with E-state index in [2.05, 4.69) is 15.3 Å². The summed E-state index contributed by atoms with van der Waals surface area (Å²) in [5.74, 6) is -0.100. The van der Waals surface area contributed by atoms with Crippen LogP contribution in [0.25, 0.3) is 22.3 Å². The quantitative estimate of drug-likeness (QED) is 0.745. The number of aromatic nitrogens is 2. The lowest BCUT2D eigenvalue weighted by atomic mass is 10.1. The smallest absolute Gasteiger partial charge is 0.252 e. The molecule has 0 radical (unpaired) electrons. The number of hydrogen-bond donors (Lipinski definition) is 1. The third-order valence-corrected chi connectivity index (χ3v) is 4.97. The lowest BCUT2D eigenvalue weighted by Gasteiger charge is -2.15. The fourth-order valence-corrected chi connectivity index (χ4v) is 3.51. The molecule has 1 N–H and O–H groups in total. The van der Waals surface area contributed by atoms with E-state index < -0.39 is 0 Å². The van der Waals surface area contributed by atoms with Crippen molar-refractivity contribution in [2.45, 2.75) is 19.3 Å². The van der Waals surface area contributed by atoms with E-state index in [-0.39, 0.29) is 11.8 Å². The number of hydrogen-bond acceptors (Lipinski definition) is 4. The van der Waals surface area contributed by atoms with Crippen LogP contribution in [0.2, 0.25) is 0 Å². The third kappa shape index (κ3) is 3.86. The van der Waals surface area contributed by atoms with Crippen molar-refractivity contribution in [3.63, 3.8) is 0 Å². The summed E-state index contributed by atoms with van der Waals surface area (Å²) in [5.41, 5.74) is 2.65. The molecule has 1 aromatic carbocycles. The number of carbonyl (C=O) groups excluding carboxylic acids is 2. The van der Waals surface area contributed by atoms with Crippen LogP contribution in [0.4, 0.5) is 0 Å². The Kier molecular flexibility index (Phi) is 5.28. The number of likely N-dealkylation sites (tertiary alicyclic amines) is 1. The number of benzene rings is 1. The lowest BCUT2D eigenvalue weighted by molar-refractivity contribution is -0.129. The van der Waals surface area contributed by atoms with Gasteiger partial charge in [-0.2, -0.15) is 0 Å². The van der Waals surface area contributed by atoms with Gasteiger partial charge in [-0.15, -0.1) is 0 Å². The van der Waals surface area contributed by atoms with E-state index in [1.54, 1.807) is 12.3 Å². The molecule has 1 aliphatic rings. The molecule has 3 heterocycles. The van der Waals surface area contributed by atoms with Gasteiger partial charge < -0.3 is 10.2 Å². The average molecular weight is 374 g/mol. The van der Waals surface area contributed by atoms with Gasteiger partial charge in [-0.05, 0) is 37.1 Å². The van der Waals surface area contributed by atoms with E-state index in [0.29, 0.717) is 29.9 Å². The van der Waals surface area contributed by atoms with E-state index >= 15 is 0 Å². The van der Waals surface area contributed by atoms with E-state index in [1.165, 1.54) is 0 Å². The van der Waals surface area contributed by atoms with Crippen molar-refractivity contribution in [1.29, 1.82) is 0 Å². The number of amides is 2. The molecule has 0 bridgehead atoms. The maximum atomic E-state index is 12.9. The van der Waals surface area contributed by atoms with Gasteiger partial charge in [-0.1, -0.05) is 24.3 Å². The number of carbonyl (C=O) groups is 2. The van der Waals surface area contributed by atoms with Crippen molar-refractivity contribution in [2.75, 3.05) is 19.6 Å². The van der Waals surface area contributed by atoms with E-state index in [0.717, 1.165) is 36.8 Å². The molecule has 28 heavy (non-hydrogen) atoms. The topological polar surface area (TPSA) is 75.2 Å². The molecule has 0 aliphatic carbocycles. The molecule has 2 aromatic heterocycles. The maximum Gasteiger partial charge on any atom is 0.252 e. The standard InChI is InChI=1S/C22H22N4O2/c27-21(26-13-5-6-14-26)10-12-24-22(28)17-15-20(19-9-3-4-11-23-19)25-18-8-2-1-7-16(17)18/h1-4,7-9,11,15H,5-6,10,12-14H2,(H,24,28). The highest BCUT2D eigenvalue weighted by Gasteiger charge is 2.18. The average Bonchev–Trinajstić information content (AvgIpc) is 3.28. The van der Waals surface area contributed by atoms with Crippen molar-refractivity contribution in [2.24, 2.45) is 0 Å². The van der Waals surface area contributed by atoms with Crippen LogP contribution in [0.1, 0.15) is 29.6 Å². The summed E-state index contributed by atoms with van der Waals surface area (Å²) < 4.78 is 0. The third-order valence-electron chi connectivity index (χ3n) is 4.97. The molecule has 6 nitrogen and oxygen atoms in total. The summed E-state index contributed by atoms with van der Waals surface area (Å²) in [6.07, 6.45) is 4.16. The predicted octanol–water partition coefficient (Wildman–Crippen LogP) is 3.04. The van der Waals surface area contributed by atoms with Gasteiger partial charge in [0.15, 0.2) is 0 Å². The fourth-order valence-electron chi connectivity index (χ4n) is 3.51. The number of nitrogens with one attached hydrogen (secondary N) is 1. The number of nitrogens with zero attached hydrogens (tertiary/aromatic N) is 3. The molecule has 0 unspecified atom stereocenters. The van der Waals surface area contributed by atoms with Gasteiger partial charge in [0, 0.05) is 37.6 Å². The Balaban J connectivity index is 1.54. The number of para-hydroxylation sites is 1. The molecule has 0 saturated carbocycles. The summed E-state index contributed by atoms with van der Waals surface area (Å²) in [7, 11) is 0. The highest BCUT2D eigenvalue weighted by Crippen LogP contribution is 2.23. The first-order chi connectivity index (χ1) is 13.7. The van der Waals surface area contributed by atoms with E-state index in [1.807, 2.05) is 47.4 Å². The Morgan fingerprint density at radius 1 is 1.00 bits per heavy atom. The van der Waals surface area contributed by atoms with Crippen molar-refractivity contribution >= 4 is 22.7 Å². The zero-order chi connectivity index (χ0) is 19.3. The largest absolute Gasteiger partial charge is 0.351 e. The summed E-state index contributed by atoms with van der Waals surface area (Å²) in [5, 5.41) is 3.67. The molecule has 1 saturated heterocycles. The Hall–Kier alpha value is -3.28. The number of fused-ring (bicyclic) bond motifs is 1. The minimum Gasteiger partial charge on any atom is -0.351 e. The van der Waals surface area contributed by atoms with Gasteiger partial charge >= 0.3 is 0 Å². The Morgan fingerprint density at radius 2 is 1.79 bits per heavy atom. The van der Waals surface area contributed by atoms with Gasteiger partial charge in [0.25, 0.3) is 5.91 Å². The molecule has 6 heteroatoms. The molecule has 142 valence electrons. The van der Waals surface area contributed by atoms with Crippen LogP contribution in [-0.2, 0) is 4.79 Å². The summed E-state index contributed by atoms with van der Waals surface area (Å²) >= 11 is 0. The molecule has 0 atom stereocenters. The van der Waals surface area contributed by atoms with Crippen molar-refractivity contribution in [3.8, 4) is 11.4 Å².